The summed E-state index contributed by atoms with van der Waals surface area (Å²) in [6.45, 7) is 9.00. The molecular weight excluding hydrogens is 402 g/mol. The summed E-state index contributed by atoms with van der Waals surface area (Å²) in [7, 11) is 0. The normalized spacial score (nSPS) is 12.2. The Hall–Kier alpha value is -3.55. The van der Waals surface area contributed by atoms with Gasteiger partial charge in [-0.15, -0.1) is 5.10 Å². The average molecular weight is 432 g/mol. The summed E-state index contributed by atoms with van der Waals surface area (Å²) < 4.78 is 3.89. The molecule has 4 rings (SSSR count). The Kier molecular flexibility index (Phi) is 6.30. The molecule has 32 heavy (non-hydrogen) atoms. The number of benzene rings is 1. The summed E-state index contributed by atoms with van der Waals surface area (Å²) in [4.78, 5) is 17.8. The zero-order valence-corrected chi connectivity index (χ0v) is 19.0. The highest BCUT2D eigenvalue weighted by Gasteiger charge is 2.19. The molecule has 0 spiro atoms. The van der Waals surface area contributed by atoms with Crippen molar-refractivity contribution in [2.75, 3.05) is 0 Å². The standard InChI is InChI=1S/C24H29N7O/c1-5-8-21-17(4)31(16(3)6-2)24(32)30(21)15-18-10-12-19(13-11-18)22-20(9-7-14-25-22)23-26-28-29-27-23/h7,9-14,16H,5-6,8,15H2,1-4H3,(H,26,27,28,29). The molecule has 1 atom stereocenters. The number of hydrogen-bond acceptors (Lipinski definition) is 5. The summed E-state index contributed by atoms with van der Waals surface area (Å²) in [6.07, 6.45) is 4.58. The van der Waals surface area contributed by atoms with Crippen LogP contribution in [0, 0.1) is 6.92 Å². The number of aromatic nitrogens is 7. The van der Waals surface area contributed by atoms with Crippen LogP contribution in [0.5, 0.6) is 0 Å². The number of nitrogens with zero attached hydrogens (tertiary/aromatic N) is 6. The fourth-order valence-corrected chi connectivity index (χ4v) is 4.19. The monoisotopic (exact) mass is 431 g/mol. The highest BCUT2D eigenvalue weighted by Crippen LogP contribution is 2.28. The molecule has 0 saturated carbocycles. The number of hydrogen-bond donors (Lipinski definition) is 1. The minimum absolute atomic E-state index is 0.0780. The van der Waals surface area contributed by atoms with E-state index < -0.39 is 0 Å². The second-order valence-corrected chi connectivity index (χ2v) is 8.12. The molecule has 166 valence electrons. The SMILES string of the molecule is CCCc1c(C)n(C(C)CC)c(=O)n1Cc1ccc(-c2ncccc2-c2nnn[nH]2)cc1. The van der Waals surface area contributed by atoms with Gasteiger partial charge in [-0.05, 0) is 54.8 Å². The predicted octanol–water partition coefficient (Wildman–Crippen LogP) is 4.17. The molecule has 4 aromatic rings. The number of imidazole rings is 1. The lowest BCUT2D eigenvalue weighted by Crippen LogP contribution is -2.27. The highest BCUT2D eigenvalue weighted by molar-refractivity contribution is 5.76. The summed E-state index contributed by atoms with van der Waals surface area (Å²) in [5.41, 5.74) is 5.99. The van der Waals surface area contributed by atoms with Gasteiger partial charge >= 0.3 is 5.69 Å². The van der Waals surface area contributed by atoms with Crippen molar-refractivity contribution in [2.45, 2.75) is 59.5 Å². The van der Waals surface area contributed by atoms with Crippen LogP contribution < -0.4 is 5.69 Å². The number of tetrazole rings is 1. The third-order valence-electron chi connectivity index (χ3n) is 6.04. The van der Waals surface area contributed by atoms with Gasteiger partial charge in [-0.25, -0.2) is 9.89 Å². The lowest BCUT2D eigenvalue weighted by molar-refractivity contribution is 0.496. The maximum absolute atomic E-state index is 13.2. The van der Waals surface area contributed by atoms with E-state index in [1.165, 1.54) is 0 Å². The lowest BCUT2D eigenvalue weighted by atomic mass is 10.0. The van der Waals surface area contributed by atoms with E-state index in [-0.39, 0.29) is 11.7 Å². The van der Waals surface area contributed by atoms with Gasteiger partial charge in [0.05, 0.1) is 12.2 Å². The van der Waals surface area contributed by atoms with Crippen LogP contribution in [0.2, 0.25) is 0 Å². The molecule has 3 heterocycles. The van der Waals surface area contributed by atoms with Crippen LogP contribution in [-0.2, 0) is 13.0 Å². The highest BCUT2D eigenvalue weighted by atomic mass is 16.1. The summed E-state index contributed by atoms with van der Waals surface area (Å²) >= 11 is 0. The Bertz CT molecular complexity index is 1240. The number of aromatic amines is 1. The lowest BCUT2D eigenvalue weighted by Gasteiger charge is -2.11. The molecule has 0 saturated heterocycles. The molecule has 0 radical (unpaired) electrons. The van der Waals surface area contributed by atoms with Crippen molar-refractivity contribution >= 4 is 0 Å². The minimum atomic E-state index is 0.0780. The molecule has 0 amide bonds. The summed E-state index contributed by atoms with van der Waals surface area (Å²) in [5.74, 6) is 0.579. The Labute approximate surface area is 187 Å². The second-order valence-electron chi connectivity index (χ2n) is 8.12. The van der Waals surface area contributed by atoms with Gasteiger partial charge in [-0.1, -0.05) is 44.5 Å². The van der Waals surface area contributed by atoms with Crippen LogP contribution in [0.3, 0.4) is 0 Å². The average Bonchev–Trinajstić information content (AvgIpc) is 3.43. The van der Waals surface area contributed by atoms with Crippen molar-refractivity contribution < 1.29 is 0 Å². The molecule has 1 N–H and O–H groups in total. The Morgan fingerprint density at radius 2 is 1.91 bits per heavy atom. The van der Waals surface area contributed by atoms with Crippen LogP contribution in [0.4, 0.5) is 0 Å². The zero-order valence-electron chi connectivity index (χ0n) is 19.0. The molecule has 0 fully saturated rings. The molecule has 8 heteroatoms. The third-order valence-corrected chi connectivity index (χ3v) is 6.04. The van der Waals surface area contributed by atoms with E-state index in [2.05, 4.69) is 65.4 Å². The Morgan fingerprint density at radius 1 is 1.12 bits per heavy atom. The Balaban J connectivity index is 1.67. The molecule has 1 unspecified atom stereocenters. The van der Waals surface area contributed by atoms with E-state index in [4.69, 9.17) is 0 Å². The van der Waals surface area contributed by atoms with Gasteiger partial charge < -0.3 is 0 Å². The predicted molar refractivity (Wildman–Crippen MR) is 124 cm³/mol. The molecular formula is C24H29N7O. The fourth-order valence-electron chi connectivity index (χ4n) is 4.19. The van der Waals surface area contributed by atoms with E-state index >= 15 is 0 Å². The van der Waals surface area contributed by atoms with E-state index in [9.17, 15) is 4.79 Å². The van der Waals surface area contributed by atoms with Crippen LogP contribution in [0.15, 0.2) is 47.4 Å². The van der Waals surface area contributed by atoms with E-state index in [0.717, 1.165) is 53.0 Å². The summed E-state index contributed by atoms with van der Waals surface area (Å²) in [6, 6.07) is 12.2. The van der Waals surface area contributed by atoms with Gasteiger partial charge in [0.25, 0.3) is 0 Å². The number of pyridine rings is 1. The van der Waals surface area contributed by atoms with Crippen LogP contribution >= 0.6 is 0 Å². The van der Waals surface area contributed by atoms with Gasteiger partial charge in [0.1, 0.15) is 0 Å². The van der Waals surface area contributed by atoms with Gasteiger partial charge in [-0.2, -0.15) is 0 Å². The van der Waals surface area contributed by atoms with Gasteiger partial charge in [-0.3, -0.25) is 14.1 Å². The molecule has 0 aliphatic heterocycles. The first-order valence-electron chi connectivity index (χ1n) is 11.1. The zero-order chi connectivity index (χ0) is 22.7. The molecule has 1 aromatic carbocycles. The van der Waals surface area contributed by atoms with Crippen molar-refractivity contribution in [2.24, 2.45) is 0 Å². The van der Waals surface area contributed by atoms with E-state index in [0.29, 0.717) is 12.4 Å². The van der Waals surface area contributed by atoms with Gasteiger partial charge in [0.2, 0.25) is 0 Å². The first-order valence-corrected chi connectivity index (χ1v) is 11.1. The molecule has 0 aliphatic rings. The topological polar surface area (TPSA) is 94.3 Å². The third kappa shape index (κ3) is 4.00. The van der Waals surface area contributed by atoms with Crippen molar-refractivity contribution in [1.29, 1.82) is 0 Å². The first kappa shape index (κ1) is 21.7. The largest absolute Gasteiger partial charge is 0.329 e. The van der Waals surface area contributed by atoms with Crippen molar-refractivity contribution in [3.63, 3.8) is 0 Å². The Morgan fingerprint density at radius 3 is 2.56 bits per heavy atom. The number of H-pyrrole nitrogens is 1. The van der Waals surface area contributed by atoms with Crippen LogP contribution in [0.1, 0.15) is 56.6 Å². The quantitative estimate of drug-likeness (QED) is 0.452. The number of nitrogens with one attached hydrogen (secondary N) is 1. The minimum Gasteiger partial charge on any atom is -0.294 e. The first-order chi connectivity index (χ1) is 15.5. The maximum atomic E-state index is 13.2. The van der Waals surface area contributed by atoms with E-state index in [1.807, 2.05) is 33.4 Å². The molecule has 0 aliphatic carbocycles. The number of rotatable bonds is 8. The van der Waals surface area contributed by atoms with Crippen molar-refractivity contribution in [3.05, 3.63) is 70.0 Å². The maximum Gasteiger partial charge on any atom is 0.329 e. The van der Waals surface area contributed by atoms with Gasteiger partial charge in [0.15, 0.2) is 5.82 Å². The van der Waals surface area contributed by atoms with Gasteiger partial charge in [0, 0.05) is 34.8 Å². The van der Waals surface area contributed by atoms with Crippen LogP contribution in [-0.4, -0.2) is 34.7 Å². The summed E-state index contributed by atoms with van der Waals surface area (Å²) in [5, 5.41) is 14.2. The molecule has 0 bridgehead atoms. The van der Waals surface area contributed by atoms with E-state index in [1.54, 1.807) is 6.20 Å². The van der Waals surface area contributed by atoms with Crippen LogP contribution in [0.25, 0.3) is 22.6 Å². The molecule has 8 nitrogen and oxygen atoms in total. The molecule has 3 aromatic heterocycles. The second kappa shape index (κ2) is 9.30. The van der Waals surface area contributed by atoms with Crippen molar-refractivity contribution in [3.8, 4) is 22.6 Å². The smallest absolute Gasteiger partial charge is 0.294 e. The fraction of sp³-hybridized carbons (Fsp3) is 0.375. The van der Waals surface area contributed by atoms with Crippen molar-refractivity contribution in [1.82, 2.24) is 34.7 Å².